The minimum absolute atomic E-state index is 0.270. The van der Waals surface area contributed by atoms with E-state index in [-0.39, 0.29) is 5.92 Å². The van der Waals surface area contributed by atoms with Gasteiger partial charge in [0.15, 0.2) is 10.8 Å². The molecule has 3 aromatic rings. The van der Waals surface area contributed by atoms with Crippen molar-refractivity contribution < 1.29 is 4.79 Å². The highest BCUT2D eigenvalue weighted by Crippen LogP contribution is 2.33. The van der Waals surface area contributed by atoms with Gasteiger partial charge in [-0.1, -0.05) is 36.3 Å². The zero-order valence-electron chi connectivity index (χ0n) is 17.1. The Morgan fingerprint density at radius 2 is 1.86 bits per heavy atom. The summed E-state index contributed by atoms with van der Waals surface area (Å²) >= 11 is 1.71. The van der Waals surface area contributed by atoms with Gasteiger partial charge in [0.1, 0.15) is 0 Å². The molecule has 29 heavy (non-hydrogen) atoms. The average Bonchev–Trinajstić information content (AvgIpc) is 3.46. The van der Waals surface area contributed by atoms with Crippen molar-refractivity contribution >= 4 is 32.7 Å². The van der Waals surface area contributed by atoms with E-state index >= 15 is 0 Å². The van der Waals surface area contributed by atoms with Gasteiger partial charge in [-0.05, 0) is 44.4 Å². The lowest BCUT2D eigenvalue weighted by molar-refractivity contribution is -0.135. The molecule has 1 aliphatic carbocycles. The molecule has 5 rings (SSSR count). The number of hydrogen-bond acceptors (Lipinski definition) is 5. The van der Waals surface area contributed by atoms with Crippen molar-refractivity contribution in [2.24, 2.45) is 5.92 Å². The van der Waals surface area contributed by atoms with Crippen LogP contribution in [-0.4, -0.2) is 51.8 Å². The number of nitrogens with zero attached hydrogens (tertiary/aromatic N) is 5. The predicted octanol–water partition coefficient (Wildman–Crippen LogP) is 3.94. The Morgan fingerprint density at radius 3 is 2.59 bits per heavy atom. The number of carbonyl (C=O) groups is 1. The van der Waals surface area contributed by atoms with Crippen LogP contribution in [0.1, 0.15) is 36.9 Å². The van der Waals surface area contributed by atoms with Crippen LogP contribution in [0.4, 0.5) is 5.13 Å². The summed E-state index contributed by atoms with van der Waals surface area (Å²) in [6.45, 7) is 7.45. The number of anilines is 1. The third-order valence-corrected chi connectivity index (χ3v) is 7.40. The van der Waals surface area contributed by atoms with Crippen LogP contribution in [-0.2, 0) is 4.79 Å². The molecule has 0 radical (unpaired) electrons. The first-order valence-corrected chi connectivity index (χ1v) is 11.4. The molecule has 0 spiro atoms. The van der Waals surface area contributed by atoms with Crippen LogP contribution >= 0.6 is 11.3 Å². The summed E-state index contributed by atoms with van der Waals surface area (Å²) in [7, 11) is 0. The summed E-state index contributed by atoms with van der Waals surface area (Å²) in [5.41, 5.74) is 4.20. The van der Waals surface area contributed by atoms with Gasteiger partial charge in [-0.25, -0.2) is 4.68 Å². The molecule has 7 heteroatoms. The Balaban J connectivity index is 1.35. The van der Waals surface area contributed by atoms with E-state index in [1.165, 1.54) is 18.4 Å². The summed E-state index contributed by atoms with van der Waals surface area (Å²) in [5.74, 6) is 0.643. The Labute approximate surface area is 175 Å². The Bertz CT molecular complexity index is 1040. The fourth-order valence-electron chi connectivity index (χ4n) is 4.55. The molecule has 3 heterocycles. The van der Waals surface area contributed by atoms with Crippen LogP contribution in [0.2, 0.25) is 0 Å². The minimum atomic E-state index is 0.270. The van der Waals surface area contributed by atoms with E-state index in [1.54, 1.807) is 11.3 Å². The van der Waals surface area contributed by atoms with E-state index in [2.05, 4.69) is 47.9 Å². The minimum Gasteiger partial charge on any atom is -0.344 e. The predicted molar refractivity (Wildman–Crippen MR) is 117 cm³/mol. The lowest BCUT2D eigenvalue weighted by Crippen LogP contribution is -2.50. The monoisotopic (exact) mass is 409 g/mol. The van der Waals surface area contributed by atoms with E-state index in [1.807, 2.05) is 4.68 Å². The number of rotatable bonds is 3. The smallest absolute Gasteiger partial charge is 0.225 e. The SMILES string of the molecule is Cc1cccc(-n2nc(C)c3sc(N4CCN(C(=O)C5CCCC5)CC4)nc32)c1. The van der Waals surface area contributed by atoms with Crippen LogP contribution < -0.4 is 4.90 Å². The molecular formula is C22H27N5OS. The quantitative estimate of drug-likeness (QED) is 0.658. The topological polar surface area (TPSA) is 54.3 Å². The lowest BCUT2D eigenvalue weighted by Gasteiger charge is -2.35. The fourth-order valence-corrected chi connectivity index (χ4v) is 5.59. The van der Waals surface area contributed by atoms with Crippen molar-refractivity contribution in [2.75, 3.05) is 31.1 Å². The summed E-state index contributed by atoms with van der Waals surface area (Å²) in [6, 6.07) is 8.36. The highest BCUT2D eigenvalue weighted by molar-refractivity contribution is 7.22. The molecule has 0 unspecified atom stereocenters. The summed E-state index contributed by atoms with van der Waals surface area (Å²) in [5, 5.41) is 5.76. The molecule has 1 saturated heterocycles. The lowest BCUT2D eigenvalue weighted by atomic mass is 10.1. The van der Waals surface area contributed by atoms with Gasteiger partial charge in [-0.2, -0.15) is 10.1 Å². The first-order valence-electron chi connectivity index (χ1n) is 10.6. The molecule has 6 nitrogen and oxygen atoms in total. The third kappa shape index (κ3) is 3.41. The van der Waals surface area contributed by atoms with E-state index in [4.69, 9.17) is 10.1 Å². The molecule has 0 N–H and O–H groups in total. The van der Waals surface area contributed by atoms with Crippen molar-refractivity contribution in [1.29, 1.82) is 0 Å². The van der Waals surface area contributed by atoms with Crippen LogP contribution in [0.25, 0.3) is 16.0 Å². The fraction of sp³-hybridized carbons (Fsp3) is 0.500. The van der Waals surface area contributed by atoms with Crippen LogP contribution in [0.3, 0.4) is 0 Å². The zero-order valence-corrected chi connectivity index (χ0v) is 17.9. The van der Waals surface area contributed by atoms with Gasteiger partial charge >= 0.3 is 0 Å². The number of carbonyl (C=O) groups excluding carboxylic acids is 1. The summed E-state index contributed by atoms with van der Waals surface area (Å²) in [4.78, 5) is 22.0. The van der Waals surface area contributed by atoms with Gasteiger partial charge in [0.05, 0.1) is 16.1 Å². The van der Waals surface area contributed by atoms with E-state index in [0.29, 0.717) is 5.91 Å². The highest BCUT2D eigenvalue weighted by Gasteiger charge is 2.30. The van der Waals surface area contributed by atoms with Gasteiger partial charge < -0.3 is 9.80 Å². The van der Waals surface area contributed by atoms with Crippen LogP contribution in [0.5, 0.6) is 0 Å². The second kappa shape index (κ2) is 7.44. The molecule has 152 valence electrons. The van der Waals surface area contributed by atoms with Crippen molar-refractivity contribution in [1.82, 2.24) is 19.7 Å². The number of thiazole rings is 1. The second-order valence-corrected chi connectivity index (χ2v) is 9.26. The maximum atomic E-state index is 12.7. The number of aryl methyl sites for hydroxylation is 2. The molecule has 2 aliphatic rings. The first kappa shape index (κ1) is 18.6. The molecule has 0 atom stereocenters. The molecular weight excluding hydrogens is 382 g/mol. The number of fused-ring (bicyclic) bond motifs is 1. The second-order valence-electron chi connectivity index (χ2n) is 8.28. The Morgan fingerprint density at radius 1 is 1.10 bits per heavy atom. The molecule has 1 saturated carbocycles. The maximum absolute atomic E-state index is 12.7. The van der Waals surface area contributed by atoms with E-state index in [9.17, 15) is 4.79 Å². The number of aromatic nitrogens is 3. The van der Waals surface area contributed by atoms with Crippen LogP contribution in [0, 0.1) is 19.8 Å². The number of amides is 1. The molecule has 2 aromatic heterocycles. The number of hydrogen-bond donors (Lipinski definition) is 0. The normalized spacial score (nSPS) is 18.1. The van der Waals surface area contributed by atoms with Crippen molar-refractivity contribution in [3.63, 3.8) is 0 Å². The standard InChI is InChI=1S/C22H27N5OS/c1-15-6-5-9-18(14-15)27-20-19(16(2)24-27)29-22(23-20)26-12-10-25(11-13-26)21(28)17-7-3-4-8-17/h5-6,9,14,17H,3-4,7-8,10-13H2,1-2H3. The molecule has 1 aromatic carbocycles. The number of benzene rings is 1. The van der Waals surface area contributed by atoms with E-state index < -0.39 is 0 Å². The first-order chi connectivity index (χ1) is 14.1. The largest absolute Gasteiger partial charge is 0.344 e. The molecule has 1 amide bonds. The Hall–Kier alpha value is -2.41. The average molecular weight is 410 g/mol. The third-order valence-electron chi connectivity index (χ3n) is 6.19. The Kier molecular flexibility index (Phi) is 4.78. The van der Waals surface area contributed by atoms with Gasteiger partial charge in [0.2, 0.25) is 5.91 Å². The van der Waals surface area contributed by atoms with Gasteiger partial charge in [0, 0.05) is 32.1 Å². The summed E-state index contributed by atoms with van der Waals surface area (Å²) < 4.78 is 3.10. The van der Waals surface area contributed by atoms with Gasteiger partial charge in [-0.3, -0.25) is 4.79 Å². The van der Waals surface area contributed by atoms with Crippen molar-refractivity contribution in [2.45, 2.75) is 39.5 Å². The van der Waals surface area contributed by atoms with E-state index in [0.717, 1.165) is 65.9 Å². The summed E-state index contributed by atoms with van der Waals surface area (Å²) in [6.07, 6.45) is 4.57. The number of piperazine rings is 1. The molecule has 0 bridgehead atoms. The van der Waals surface area contributed by atoms with Crippen LogP contribution in [0.15, 0.2) is 24.3 Å². The zero-order chi connectivity index (χ0) is 20.0. The highest BCUT2D eigenvalue weighted by atomic mass is 32.1. The molecule has 1 aliphatic heterocycles. The van der Waals surface area contributed by atoms with Crippen molar-refractivity contribution in [3.8, 4) is 5.69 Å². The molecule has 2 fully saturated rings. The van der Waals surface area contributed by atoms with Gasteiger partial charge in [0.25, 0.3) is 0 Å². The maximum Gasteiger partial charge on any atom is 0.225 e. The van der Waals surface area contributed by atoms with Crippen molar-refractivity contribution in [3.05, 3.63) is 35.5 Å². The van der Waals surface area contributed by atoms with Gasteiger partial charge in [-0.15, -0.1) is 0 Å².